The van der Waals surface area contributed by atoms with Crippen LogP contribution in [-0.2, 0) is 17.9 Å². The lowest BCUT2D eigenvalue weighted by atomic mass is 10.2. The lowest BCUT2D eigenvalue weighted by Crippen LogP contribution is -2.22. The molecule has 4 nitrogen and oxygen atoms in total. The highest BCUT2D eigenvalue weighted by Crippen LogP contribution is 2.18. The standard InChI is InChI=1S/C24H21N3O/c28-24(16-15-19-9-3-1-4-10-19)25-17-23-26-21-13-7-8-14-22(21)27(23)18-20-11-5-2-6-12-20/h1-16H,17-18H2,(H,25,28)/b16-15-. The molecule has 0 radical (unpaired) electrons. The molecule has 1 N–H and O–H groups in total. The van der Waals surface area contributed by atoms with Crippen LogP contribution in [0.1, 0.15) is 17.0 Å². The van der Waals surface area contributed by atoms with E-state index < -0.39 is 0 Å². The molecule has 4 rings (SSSR count). The molecule has 0 aliphatic carbocycles. The largest absolute Gasteiger partial charge is 0.345 e. The molecule has 0 spiro atoms. The summed E-state index contributed by atoms with van der Waals surface area (Å²) in [6.07, 6.45) is 3.36. The van der Waals surface area contributed by atoms with Crippen molar-refractivity contribution < 1.29 is 4.79 Å². The smallest absolute Gasteiger partial charge is 0.244 e. The first-order chi connectivity index (χ1) is 13.8. The van der Waals surface area contributed by atoms with Gasteiger partial charge in [-0.3, -0.25) is 4.79 Å². The molecule has 0 aliphatic heterocycles. The first-order valence-electron chi connectivity index (χ1n) is 9.28. The van der Waals surface area contributed by atoms with E-state index in [0.29, 0.717) is 13.1 Å². The summed E-state index contributed by atoms with van der Waals surface area (Å²) < 4.78 is 2.16. The number of para-hydroxylation sites is 2. The van der Waals surface area contributed by atoms with Crippen molar-refractivity contribution in [3.8, 4) is 0 Å². The van der Waals surface area contributed by atoms with Gasteiger partial charge in [0.25, 0.3) is 0 Å². The van der Waals surface area contributed by atoms with Crippen molar-refractivity contribution in [2.24, 2.45) is 0 Å². The summed E-state index contributed by atoms with van der Waals surface area (Å²) in [6.45, 7) is 1.09. The van der Waals surface area contributed by atoms with Gasteiger partial charge in [0.05, 0.1) is 17.6 Å². The summed E-state index contributed by atoms with van der Waals surface area (Å²) in [5.41, 5.74) is 4.19. The van der Waals surface area contributed by atoms with E-state index in [4.69, 9.17) is 4.98 Å². The van der Waals surface area contributed by atoms with Gasteiger partial charge in [0.15, 0.2) is 0 Å². The molecule has 0 aliphatic rings. The van der Waals surface area contributed by atoms with Crippen molar-refractivity contribution in [2.75, 3.05) is 0 Å². The predicted octanol–water partition coefficient (Wildman–Crippen LogP) is 4.41. The van der Waals surface area contributed by atoms with Crippen molar-refractivity contribution in [2.45, 2.75) is 13.1 Å². The van der Waals surface area contributed by atoms with Gasteiger partial charge in [-0.15, -0.1) is 0 Å². The maximum absolute atomic E-state index is 12.2. The molecule has 4 heteroatoms. The number of carbonyl (C=O) groups excluding carboxylic acids is 1. The fourth-order valence-corrected chi connectivity index (χ4v) is 3.16. The third kappa shape index (κ3) is 4.18. The summed E-state index contributed by atoms with van der Waals surface area (Å²) in [4.78, 5) is 17.0. The summed E-state index contributed by atoms with van der Waals surface area (Å²) in [5.74, 6) is 0.702. The summed E-state index contributed by atoms with van der Waals surface area (Å²) in [7, 11) is 0. The molecule has 0 unspecified atom stereocenters. The van der Waals surface area contributed by atoms with Gasteiger partial charge in [0, 0.05) is 12.6 Å². The Morgan fingerprint density at radius 3 is 2.36 bits per heavy atom. The molecular weight excluding hydrogens is 346 g/mol. The zero-order valence-electron chi connectivity index (χ0n) is 15.5. The van der Waals surface area contributed by atoms with Crippen LogP contribution in [0.5, 0.6) is 0 Å². The minimum Gasteiger partial charge on any atom is -0.345 e. The second kappa shape index (κ2) is 8.35. The van der Waals surface area contributed by atoms with Gasteiger partial charge in [0.2, 0.25) is 5.91 Å². The van der Waals surface area contributed by atoms with Crippen LogP contribution in [0.15, 0.2) is 91.0 Å². The van der Waals surface area contributed by atoms with Crippen LogP contribution in [0.2, 0.25) is 0 Å². The molecule has 1 heterocycles. The van der Waals surface area contributed by atoms with Gasteiger partial charge < -0.3 is 9.88 Å². The third-order valence-electron chi connectivity index (χ3n) is 4.56. The highest BCUT2D eigenvalue weighted by atomic mass is 16.1. The molecule has 0 bridgehead atoms. The molecule has 138 valence electrons. The predicted molar refractivity (Wildman–Crippen MR) is 113 cm³/mol. The van der Waals surface area contributed by atoms with Crippen LogP contribution >= 0.6 is 0 Å². The molecule has 1 aromatic heterocycles. The van der Waals surface area contributed by atoms with E-state index in [1.54, 1.807) is 6.08 Å². The molecule has 0 saturated heterocycles. The van der Waals surface area contributed by atoms with Crippen LogP contribution in [0.3, 0.4) is 0 Å². The molecule has 0 saturated carbocycles. The Balaban J connectivity index is 1.52. The maximum Gasteiger partial charge on any atom is 0.244 e. The number of imidazole rings is 1. The Bertz CT molecular complexity index is 1100. The Morgan fingerprint density at radius 2 is 1.57 bits per heavy atom. The Kier molecular flexibility index (Phi) is 5.29. The molecule has 0 fully saturated rings. The van der Waals surface area contributed by atoms with Gasteiger partial charge in [-0.25, -0.2) is 4.98 Å². The molecule has 0 atom stereocenters. The van der Waals surface area contributed by atoms with Crippen molar-refractivity contribution in [1.82, 2.24) is 14.9 Å². The summed E-state index contributed by atoms with van der Waals surface area (Å²) in [5, 5.41) is 2.95. The average Bonchev–Trinajstić information content (AvgIpc) is 3.10. The highest BCUT2D eigenvalue weighted by Gasteiger charge is 2.11. The lowest BCUT2D eigenvalue weighted by molar-refractivity contribution is -0.116. The van der Waals surface area contributed by atoms with Crippen LogP contribution in [-0.4, -0.2) is 15.5 Å². The zero-order chi connectivity index (χ0) is 19.2. The normalized spacial score (nSPS) is 11.1. The Hall–Kier alpha value is -3.66. The SMILES string of the molecule is O=C(/C=C\c1ccccc1)NCc1nc2ccccc2n1Cc1ccccc1. The van der Waals surface area contributed by atoms with E-state index in [9.17, 15) is 4.79 Å². The van der Waals surface area contributed by atoms with Crippen LogP contribution in [0.4, 0.5) is 0 Å². The van der Waals surface area contributed by atoms with E-state index in [1.165, 1.54) is 5.56 Å². The summed E-state index contributed by atoms with van der Waals surface area (Å²) >= 11 is 0. The second-order valence-corrected chi connectivity index (χ2v) is 6.55. The number of hydrogen-bond acceptors (Lipinski definition) is 2. The maximum atomic E-state index is 12.2. The average molecular weight is 367 g/mol. The second-order valence-electron chi connectivity index (χ2n) is 6.55. The van der Waals surface area contributed by atoms with Crippen molar-refractivity contribution in [1.29, 1.82) is 0 Å². The third-order valence-corrected chi connectivity index (χ3v) is 4.56. The molecule has 1 amide bonds. The highest BCUT2D eigenvalue weighted by molar-refractivity contribution is 5.91. The number of hydrogen-bond donors (Lipinski definition) is 1. The first-order valence-corrected chi connectivity index (χ1v) is 9.28. The number of rotatable bonds is 6. The number of benzene rings is 3. The van der Waals surface area contributed by atoms with Crippen molar-refractivity contribution in [3.63, 3.8) is 0 Å². The number of fused-ring (bicyclic) bond motifs is 1. The summed E-state index contributed by atoms with van der Waals surface area (Å²) in [6, 6.07) is 28.1. The number of amides is 1. The fraction of sp³-hybridized carbons (Fsp3) is 0.0833. The van der Waals surface area contributed by atoms with E-state index in [1.807, 2.05) is 72.8 Å². The zero-order valence-corrected chi connectivity index (χ0v) is 15.5. The van der Waals surface area contributed by atoms with Gasteiger partial charge in [-0.05, 0) is 29.3 Å². The number of carbonyl (C=O) groups is 1. The quantitative estimate of drug-likeness (QED) is 0.513. The molecule has 4 aromatic rings. The minimum absolute atomic E-state index is 0.137. The van der Waals surface area contributed by atoms with E-state index >= 15 is 0 Å². The number of aromatic nitrogens is 2. The van der Waals surface area contributed by atoms with Crippen molar-refractivity contribution >= 4 is 23.0 Å². The van der Waals surface area contributed by atoms with Gasteiger partial charge >= 0.3 is 0 Å². The molecule has 3 aromatic carbocycles. The van der Waals surface area contributed by atoms with Gasteiger partial charge in [-0.1, -0.05) is 72.8 Å². The number of nitrogens with zero attached hydrogens (tertiary/aromatic N) is 2. The minimum atomic E-state index is -0.137. The Labute approximate surface area is 164 Å². The van der Waals surface area contributed by atoms with E-state index in [0.717, 1.165) is 22.4 Å². The fourth-order valence-electron chi connectivity index (χ4n) is 3.16. The monoisotopic (exact) mass is 367 g/mol. The topological polar surface area (TPSA) is 46.9 Å². The Morgan fingerprint density at radius 1 is 0.893 bits per heavy atom. The molecule has 28 heavy (non-hydrogen) atoms. The van der Waals surface area contributed by atoms with Crippen LogP contribution in [0.25, 0.3) is 17.1 Å². The first kappa shape index (κ1) is 17.7. The van der Waals surface area contributed by atoms with Crippen LogP contribution < -0.4 is 5.32 Å². The van der Waals surface area contributed by atoms with E-state index in [-0.39, 0.29) is 5.91 Å². The van der Waals surface area contributed by atoms with Gasteiger partial charge in [0.1, 0.15) is 5.82 Å². The van der Waals surface area contributed by atoms with Crippen molar-refractivity contribution in [3.05, 3.63) is 108 Å². The van der Waals surface area contributed by atoms with E-state index in [2.05, 4.69) is 28.1 Å². The molecular formula is C24H21N3O. The lowest BCUT2D eigenvalue weighted by Gasteiger charge is -2.10. The van der Waals surface area contributed by atoms with Gasteiger partial charge in [-0.2, -0.15) is 0 Å². The number of nitrogens with one attached hydrogen (secondary N) is 1. The van der Waals surface area contributed by atoms with Crippen LogP contribution in [0, 0.1) is 0 Å².